The van der Waals surface area contributed by atoms with Crippen molar-refractivity contribution >= 4 is 23.2 Å². The van der Waals surface area contributed by atoms with Gasteiger partial charge in [-0.1, -0.05) is 18.2 Å². The summed E-state index contributed by atoms with van der Waals surface area (Å²) in [6, 6.07) is 12.0. The third kappa shape index (κ3) is 6.94. The number of benzene rings is 1. The van der Waals surface area contributed by atoms with Crippen LogP contribution >= 0.6 is 11.3 Å². The molecule has 0 aliphatic rings. The van der Waals surface area contributed by atoms with E-state index in [1.54, 1.807) is 32.5 Å². The number of rotatable bonds is 8. The summed E-state index contributed by atoms with van der Waals surface area (Å²) in [6.07, 6.45) is 0.998. The number of carbonyl (C=O) groups excluding carboxylic acids is 1. The standard InChI is InChI=1S/C20H28N4O2S/c1-21-20(24(4)11-10-18-9-6-12-27-18)22-14-16-7-5-8-17(13-16)26-15-19(25)23(2)3/h5-9,12-13H,10-11,14-15H2,1-4H3,(H,21,22). The number of aliphatic imine (C=N–C) groups is 1. The summed E-state index contributed by atoms with van der Waals surface area (Å²) in [5.74, 6) is 1.47. The first-order valence-corrected chi connectivity index (χ1v) is 9.73. The molecule has 0 saturated carbocycles. The summed E-state index contributed by atoms with van der Waals surface area (Å²) in [4.78, 5) is 21.0. The van der Waals surface area contributed by atoms with Crippen LogP contribution in [-0.2, 0) is 17.8 Å². The molecule has 0 aliphatic carbocycles. The van der Waals surface area contributed by atoms with Crippen molar-refractivity contribution in [2.24, 2.45) is 4.99 Å². The molecule has 1 amide bonds. The number of ether oxygens (including phenoxy) is 1. The summed E-state index contributed by atoms with van der Waals surface area (Å²) in [6.45, 7) is 1.57. The van der Waals surface area contributed by atoms with Gasteiger partial charge in [0.2, 0.25) is 0 Å². The van der Waals surface area contributed by atoms with Crippen LogP contribution in [0.15, 0.2) is 46.8 Å². The van der Waals surface area contributed by atoms with Gasteiger partial charge in [-0.3, -0.25) is 9.79 Å². The molecule has 7 heteroatoms. The van der Waals surface area contributed by atoms with Gasteiger partial charge in [0.1, 0.15) is 5.75 Å². The quantitative estimate of drug-likeness (QED) is 0.558. The molecule has 0 unspecified atom stereocenters. The van der Waals surface area contributed by atoms with E-state index in [0.717, 1.165) is 24.5 Å². The van der Waals surface area contributed by atoms with Crippen LogP contribution in [0.25, 0.3) is 0 Å². The number of hydrogen-bond donors (Lipinski definition) is 1. The zero-order valence-corrected chi connectivity index (χ0v) is 17.3. The Morgan fingerprint density at radius 3 is 2.70 bits per heavy atom. The molecule has 1 heterocycles. The van der Waals surface area contributed by atoms with E-state index in [1.165, 1.54) is 9.78 Å². The predicted octanol–water partition coefficient (Wildman–Crippen LogP) is 2.46. The Morgan fingerprint density at radius 1 is 1.22 bits per heavy atom. The number of guanidine groups is 1. The monoisotopic (exact) mass is 388 g/mol. The van der Waals surface area contributed by atoms with Crippen LogP contribution in [0.5, 0.6) is 5.75 Å². The van der Waals surface area contributed by atoms with Crippen molar-refractivity contribution in [3.63, 3.8) is 0 Å². The van der Waals surface area contributed by atoms with E-state index in [2.05, 4.69) is 32.7 Å². The Labute approximate surface area is 165 Å². The lowest BCUT2D eigenvalue weighted by atomic mass is 10.2. The Balaban J connectivity index is 1.84. The van der Waals surface area contributed by atoms with Crippen LogP contribution in [0.2, 0.25) is 0 Å². The van der Waals surface area contributed by atoms with Gasteiger partial charge in [-0.15, -0.1) is 11.3 Å². The third-order valence-electron chi connectivity index (χ3n) is 4.06. The molecule has 1 N–H and O–H groups in total. The summed E-state index contributed by atoms with van der Waals surface area (Å²) in [5, 5.41) is 5.48. The van der Waals surface area contributed by atoms with Crippen LogP contribution in [0.4, 0.5) is 0 Å². The maximum absolute atomic E-state index is 11.6. The van der Waals surface area contributed by atoms with Crippen LogP contribution < -0.4 is 10.1 Å². The molecule has 27 heavy (non-hydrogen) atoms. The van der Waals surface area contributed by atoms with Crippen molar-refractivity contribution in [2.75, 3.05) is 41.3 Å². The van der Waals surface area contributed by atoms with E-state index in [1.807, 2.05) is 31.3 Å². The molecule has 1 aromatic heterocycles. The van der Waals surface area contributed by atoms with E-state index >= 15 is 0 Å². The molecule has 2 rings (SSSR count). The van der Waals surface area contributed by atoms with Gasteiger partial charge in [-0.2, -0.15) is 0 Å². The van der Waals surface area contributed by atoms with Gasteiger partial charge in [0.25, 0.3) is 5.91 Å². The lowest BCUT2D eigenvalue weighted by molar-refractivity contribution is -0.130. The van der Waals surface area contributed by atoms with Crippen molar-refractivity contribution in [3.8, 4) is 5.75 Å². The van der Waals surface area contributed by atoms with E-state index < -0.39 is 0 Å². The zero-order valence-electron chi connectivity index (χ0n) is 16.4. The minimum absolute atomic E-state index is 0.0387. The molecule has 1 aromatic carbocycles. The maximum Gasteiger partial charge on any atom is 0.259 e. The molecule has 0 radical (unpaired) electrons. The van der Waals surface area contributed by atoms with Gasteiger partial charge in [-0.05, 0) is 35.6 Å². The molecule has 6 nitrogen and oxygen atoms in total. The van der Waals surface area contributed by atoms with Gasteiger partial charge >= 0.3 is 0 Å². The number of hydrogen-bond acceptors (Lipinski definition) is 4. The van der Waals surface area contributed by atoms with Crippen molar-refractivity contribution in [3.05, 3.63) is 52.2 Å². The molecule has 0 aliphatic heterocycles. The summed E-state index contributed by atoms with van der Waals surface area (Å²) < 4.78 is 5.57. The number of nitrogens with zero attached hydrogens (tertiary/aromatic N) is 3. The fraction of sp³-hybridized carbons (Fsp3) is 0.400. The van der Waals surface area contributed by atoms with Crippen LogP contribution in [0.3, 0.4) is 0 Å². The molecule has 2 aromatic rings. The first-order chi connectivity index (χ1) is 13.0. The molecule has 146 valence electrons. The molecule has 0 saturated heterocycles. The topological polar surface area (TPSA) is 57.2 Å². The maximum atomic E-state index is 11.6. The second-order valence-corrected chi connectivity index (χ2v) is 7.41. The van der Waals surface area contributed by atoms with Crippen molar-refractivity contribution in [2.45, 2.75) is 13.0 Å². The Hall–Kier alpha value is -2.54. The van der Waals surface area contributed by atoms with Crippen LogP contribution in [0, 0.1) is 0 Å². The first kappa shape index (κ1) is 20.8. The lowest BCUT2D eigenvalue weighted by Gasteiger charge is -2.22. The molecule has 0 spiro atoms. The minimum Gasteiger partial charge on any atom is -0.484 e. The normalized spacial score (nSPS) is 11.2. The number of thiophene rings is 1. The zero-order chi connectivity index (χ0) is 19.6. The highest BCUT2D eigenvalue weighted by Gasteiger charge is 2.08. The van der Waals surface area contributed by atoms with Crippen LogP contribution in [0.1, 0.15) is 10.4 Å². The van der Waals surface area contributed by atoms with E-state index in [-0.39, 0.29) is 12.5 Å². The smallest absolute Gasteiger partial charge is 0.259 e. The lowest BCUT2D eigenvalue weighted by Crippen LogP contribution is -2.39. The van der Waals surface area contributed by atoms with Crippen LogP contribution in [-0.4, -0.2) is 63.0 Å². The summed E-state index contributed by atoms with van der Waals surface area (Å²) >= 11 is 1.78. The Morgan fingerprint density at radius 2 is 2.04 bits per heavy atom. The number of carbonyl (C=O) groups is 1. The van der Waals surface area contributed by atoms with Gasteiger partial charge in [0.15, 0.2) is 12.6 Å². The number of nitrogens with one attached hydrogen (secondary N) is 1. The predicted molar refractivity (Wildman–Crippen MR) is 111 cm³/mol. The van der Waals surface area contributed by atoms with E-state index in [9.17, 15) is 4.79 Å². The third-order valence-corrected chi connectivity index (χ3v) is 4.99. The minimum atomic E-state index is -0.0636. The van der Waals surface area contributed by atoms with Gasteiger partial charge in [0.05, 0.1) is 0 Å². The van der Waals surface area contributed by atoms with E-state index in [0.29, 0.717) is 12.3 Å². The molecule has 0 fully saturated rings. The highest BCUT2D eigenvalue weighted by Crippen LogP contribution is 2.13. The second kappa shape index (κ2) is 10.6. The van der Waals surface area contributed by atoms with Crippen molar-refractivity contribution in [1.29, 1.82) is 0 Å². The number of likely N-dealkylation sites (N-methyl/N-ethyl adjacent to an activating group) is 2. The fourth-order valence-corrected chi connectivity index (χ4v) is 3.12. The van der Waals surface area contributed by atoms with Crippen molar-refractivity contribution in [1.82, 2.24) is 15.1 Å². The average Bonchev–Trinajstić information content (AvgIpc) is 3.18. The largest absolute Gasteiger partial charge is 0.484 e. The molecular formula is C20H28N4O2S. The Kier molecular flexibility index (Phi) is 8.13. The first-order valence-electron chi connectivity index (χ1n) is 8.85. The Bertz CT molecular complexity index is 744. The van der Waals surface area contributed by atoms with E-state index in [4.69, 9.17) is 4.74 Å². The van der Waals surface area contributed by atoms with Gasteiger partial charge in [0, 0.05) is 46.2 Å². The molecular weight excluding hydrogens is 360 g/mol. The highest BCUT2D eigenvalue weighted by atomic mass is 32.1. The molecule has 0 bridgehead atoms. The fourth-order valence-electron chi connectivity index (χ4n) is 2.42. The summed E-state index contributed by atoms with van der Waals surface area (Å²) in [7, 11) is 7.25. The number of amides is 1. The summed E-state index contributed by atoms with van der Waals surface area (Å²) in [5.41, 5.74) is 1.07. The second-order valence-electron chi connectivity index (χ2n) is 6.38. The van der Waals surface area contributed by atoms with Crippen molar-refractivity contribution < 1.29 is 9.53 Å². The highest BCUT2D eigenvalue weighted by molar-refractivity contribution is 7.09. The van der Waals surface area contributed by atoms with Gasteiger partial charge in [-0.25, -0.2) is 0 Å². The average molecular weight is 389 g/mol. The SMILES string of the molecule is CN=C(NCc1cccc(OCC(=O)N(C)C)c1)N(C)CCc1cccs1. The molecule has 0 atom stereocenters. The van der Waals surface area contributed by atoms with Gasteiger partial charge < -0.3 is 19.9 Å².